The first-order valence-electron chi connectivity index (χ1n) is 4.70. The molecule has 78 valence electrons. The summed E-state index contributed by atoms with van der Waals surface area (Å²) >= 11 is 3.40. The fourth-order valence-corrected chi connectivity index (χ4v) is 1.93. The molecule has 0 unspecified atom stereocenters. The highest BCUT2D eigenvalue weighted by atomic mass is 79.9. The molecule has 3 heteroatoms. The van der Waals surface area contributed by atoms with Crippen LogP contribution in [0.5, 0.6) is 5.75 Å². The van der Waals surface area contributed by atoms with E-state index in [2.05, 4.69) is 27.0 Å². The number of aromatic nitrogens is 1. The molecule has 2 rings (SSSR count). The summed E-state index contributed by atoms with van der Waals surface area (Å²) in [7, 11) is 1.69. The minimum absolute atomic E-state index is 0.921. The molecule has 2 aromatic rings. The zero-order valence-corrected chi connectivity index (χ0v) is 10.3. The SMILES string of the molecule is COc1ccc(-c2ccc(Br)[nH]2)cc1C. The number of halogens is 1. The first-order valence-corrected chi connectivity index (χ1v) is 5.49. The Morgan fingerprint density at radius 3 is 2.53 bits per heavy atom. The molecule has 15 heavy (non-hydrogen) atoms. The molecule has 0 saturated carbocycles. The molecule has 0 bridgehead atoms. The van der Waals surface area contributed by atoms with E-state index in [1.165, 1.54) is 5.56 Å². The first kappa shape index (κ1) is 10.3. The molecule has 1 heterocycles. The average molecular weight is 266 g/mol. The van der Waals surface area contributed by atoms with Crippen LogP contribution in [-0.2, 0) is 0 Å². The highest BCUT2D eigenvalue weighted by Crippen LogP contribution is 2.26. The number of benzene rings is 1. The van der Waals surface area contributed by atoms with Crippen molar-refractivity contribution in [3.05, 3.63) is 40.5 Å². The van der Waals surface area contributed by atoms with Crippen LogP contribution in [-0.4, -0.2) is 12.1 Å². The predicted molar refractivity (Wildman–Crippen MR) is 65.2 cm³/mol. The quantitative estimate of drug-likeness (QED) is 0.879. The van der Waals surface area contributed by atoms with Crippen LogP contribution in [0.25, 0.3) is 11.3 Å². The highest BCUT2D eigenvalue weighted by Gasteiger charge is 2.03. The fourth-order valence-electron chi connectivity index (χ4n) is 1.58. The van der Waals surface area contributed by atoms with E-state index in [0.717, 1.165) is 21.6 Å². The molecule has 0 spiro atoms. The summed E-state index contributed by atoms with van der Waals surface area (Å²) in [6.07, 6.45) is 0. The Hall–Kier alpha value is -1.22. The third-order valence-corrected chi connectivity index (χ3v) is 2.82. The summed E-state index contributed by atoms with van der Waals surface area (Å²) in [5, 5.41) is 0. The smallest absolute Gasteiger partial charge is 0.121 e. The average Bonchev–Trinajstić information content (AvgIpc) is 2.65. The summed E-state index contributed by atoms with van der Waals surface area (Å²) in [5.41, 5.74) is 3.41. The summed E-state index contributed by atoms with van der Waals surface area (Å²) in [6.45, 7) is 2.04. The lowest BCUT2D eigenvalue weighted by Gasteiger charge is -2.06. The number of aromatic amines is 1. The van der Waals surface area contributed by atoms with Crippen LogP contribution in [0.15, 0.2) is 34.9 Å². The van der Waals surface area contributed by atoms with E-state index >= 15 is 0 Å². The summed E-state index contributed by atoms with van der Waals surface area (Å²) in [4.78, 5) is 3.23. The first-order chi connectivity index (χ1) is 7.20. The van der Waals surface area contributed by atoms with Crippen molar-refractivity contribution in [2.24, 2.45) is 0 Å². The molecule has 1 aromatic heterocycles. The Labute approximate surface area is 97.4 Å². The molecule has 0 fully saturated rings. The summed E-state index contributed by atoms with van der Waals surface area (Å²) < 4.78 is 6.21. The van der Waals surface area contributed by atoms with Gasteiger partial charge in [-0.3, -0.25) is 0 Å². The lowest BCUT2D eigenvalue weighted by atomic mass is 10.1. The van der Waals surface area contributed by atoms with E-state index in [-0.39, 0.29) is 0 Å². The second-order valence-electron chi connectivity index (χ2n) is 3.40. The molecule has 0 aliphatic heterocycles. The van der Waals surface area contributed by atoms with E-state index in [1.54, 1.807) is 7.11 Å². The Bertz CT molecular complexity index is 476. The van der Waals surface area contributed by atoms with Crippen LogP contribution in [0.2, 0.25) is 0 Å². The fraction of sp³-hybridized carbons (Fsp3) is 0.167. The second kappa shape index (κ2) is 4.11. The largest absolute Gasteiger partial charge is 0.496 e. The third-order valence-electron chi connectivity index (χ3n) is 2.36. The maximum Gasteiger partial charge on any atom is 0.121 e. The van der Waals surface area contributed by atoms with Gasteiger partial charge in [-0.2, -0.15) is 0 Å². The van der Waals surface area contributed by atoms with Crippen LogP contribution in [0.4, 0.5) is 0 Å². The van der Waals surface area contributed by atoms with Gasteiger partial charge in [0, 0.05) is 5.69 Å². The van der Waals surface area contributed by atoms with Crippen molar-refractivity contribution >= 4 is 15.9 Å². The number of ether oxygens (including phenoxy) is 1. The molecule has 0 atom stereocenters. The molecule has 0 saturated heterocycles. The number of rotatable bonds is 2. The molecule has 0 aliphatic rings. The number of H-pyrrole nitrogens is 1. The predicted octanol–water partition coefficient (Wildman–Crippen LogP) is 3.76. The Morgan fingerprint density at radius 1 is 1.20 bits per heavy atom. The van der Waals surface area contributed by atoms with Gasteiger partial charge in [-0.05, 0) is 64.3 Å². The maximum atomic E-state index is 5.22. The van der Waals surface area contributed by atoms with Gasteiger partial charge in [0.05, 0.1) is 11.7 Å². The van der Waals surface area contributed by atoms with Crippen molar-refractivity contribution in [2.75, 3.05) is 7.11 Å². The summed E-state index contributed by atoms with van der Waals surface area (Å²) in [6, 6.07) is 10.2. The summed E-state index contributed by atoms with van der Waals surface area (Å²) in [5.74, 6) is 0.921. The number of hydrogen-bond acceptors (Lipinski definition) is 1. The normalized spacial score (nSPS) is 10.3. The lowest BCUT2D eigenvalue weighted by Crippen LogP contribution is -1.87. The van der Waals surface area contributed by atoms with Crippen LogP contribution >= 0.6 is 15.9 Å². The van der Waals surface area contributed by atoms with Crippen molar-refractivity contribution in [1.82, 2.24) is 4.98 Å². The molecular weight excluding hydrogens is 254 g/mol. The molecule has 1 N–H and O–H groups in total. The van der Waals surface area contributed by atoms with Gasteiger partial charge in [0.2, 0.25) is 0 Å². The van der Waals surface area contributed by atoms with Gasteiger partial charge < -0.3 is 9.72 Å². The molecular formula is C12H12BrNO. The Morgan fingerprint density at radius 2 is 2.00 bits per heavy atom. The number of hydrogen-bond donors (Lipinski definition) is 1. The van der Waals surface area contributed by atoms with Gasteiger partial charge in [-0.25, -0.2) is 0 Å². The van der Waals surface area contributed by atoms with Crippen LogP contribution < -0.4 is 4.74 Å². The van der Waals surface area contributed by atoms with Crippen LogP contribution in [0.1, 0.15) is 5.56 Å². The van der Waals surface area contributed by atoms with Crippen LogP contribution in [0, 0.1) is 6.92 Å². The van der Waals surface area contributed by atoms with E-state index in [0.29, 0.717) is 0 Å². The number of methoxy groups -OCH3 is 1. The second-order valence-corrected chi connectivity index (χ2v) is 4.26. The van der Waals surface area contributed by atoms with Gasteiger partial charge in [-0.1, -0.05) is 0 Å². The topological polar surface area (TPSA) is 25.0 Å². The number of nitrogens with one attached hydrogen (secondary N) is 1. The van der Waals surface area contributed by atoms with E-state index in [1.807, 2.05) is 31.2 Å². The van der Waals surface area contributed by atoms with Gasteiger partial charge >= 0.3 is 0 Å². The standard InChI is InChI=1S/C12H12BrNO/c1-8-7-9(3-5-11(8)15-2)10-4-6-12(13)14-10/h3-7,14H,1-2H3. The van der Waals surface area contributed by atoms with Crippen LogP contribution in [0.3, 0.4) is 0 Å². The Kier molecular flexibility index (Phi) is 2.82. The van der Waals surface area contributed by atoms with Gasteiger partial charge in [0.1, 0.15) is 5.75 Å². The molecule has 0 radical (unpaired) electrons. The molecule has 0 amide bonds. The van der Waals surface area contributed by atoms with Gasteiger partial charge in [0.25, 0.3) is 0 Å². The van der Waals surface area contributed by atoms with Crippen molar-refractivity contribution in [2.45, 2.75) is 6.92 Å². The van der Waals surface area contributed by atoms with E-state index in [4.69, 9.17) is 4.74 Å². The van der Waals surface area contributed by atoms with Crippen molar-refractivity contribution < 1.29 is 4.74 Å². The minimum atomic E-state index is 0.921. The highest BCUT2D eigenvalue weighted by molar-refractivity contribution is 9.10. The molecule has 0 aliphatic carbocycles. The third kappa shape index (κ3) is 2.07. The minimum Gasteiger partial charge on any atom is -0.496 e. The van der Waals surface area contributed by atoms with Crippen molar-refractivity contribution in [1.29, 1.82) is 0 Å². The molecule has 2 nitrogen and oxygen atoms in total. The number of aryl methyl sites for hydroxylation is 1. The maximum absolute atomic E-state index is 5.22. The van der Waals surface area contributed by atoms with Gasteiger partial charge in [0.15, 0.2) is 0 Å². The van der Waals surface area contributed by atoms with E-state index < -0.39 is 0 Å². The monoisotopic (exact) mass is 265 g/mol. The van der Waals surface area contributed by atoms with E-state index in [9.17, 15) is 0 Å². The molecule has 1 aromatic carbocycles. The lowest BCUT2D eigenvalue weighted by molar-refractivity contribution is 0.412. The van der Waals surface area contributed by atoms with Crippen molar-refractivity contribution in [3.8, 4) is 17.0 Å². The zero-order valence-electron chi connectivity index (χ0n) is 8.67. The zero-order chi connectivity index (χ0) is 10.8. The van der Waals surface area contributed by atoms with Crippen molar-refractivity contribution in [3.63, 3.8) is 0 Å². The Balaban J connectivity index is 2.42. The van der Waals surface area contributed by atoms with Gasteiger partial charge in [-0.15, -0.1) is 0 Å².